The summed E-state index contributed by atoms with van der Waals surface area (Å²) in [5, 5.41) is 0. The summed E-state index contributed by atoms with van der Waals surface area (Å²) >= 11 is 0. The number of rotatable bonds is 5. The van der Waals surface area contributed by atoms with Crippen molar-refractivity contribution in [3.63, 3.8) is 0 Å². The van der Waals surface area contributed by atoms with Gasteiger partial charge in [0.25, 0.3) is 10.2 Å². The number of nitrogens with one attached hydrogen (secondary N) is 1. The molecule has 6 nitrogen and oxygen atoms in total. The second-order valence-electron chi connectivity index (χ2n) is 6.30. The smallest absolute Gasteiger partial charge is 0.280 e. The average molecular weight is 361 g/mol. The molecule has 0 bridgehead atoms. The molecule has 1 aliphatic heterocycles. The monoisotopic (exact) mass is 361 g/mol. The molecule has 3 atom stereocenters. The predicted molar refractivity (Wildman–Crippen MR) is 96.2 cm³/mol. The van der Waals surface area contributed by atoms with Crippen molar-refractivity contribution >= 4 is 10.2 Å². The van der Waals surface area contributed by atoms with Crippen molar-refractivity contribution in [2.24, 2.45) is 0 Å². The number of ether oxygens (including phenoxy) is 1. The van der Waals surface area contributed by atoms with Gasteiger partial charge in [0.1, 0.15) is 0 Å². The van der Waals surface area contributed by atoms with Crippen LogP contribution in [0.25, 0.3) is 0 Å². The van der Waals surface area contributed by atoms with Gasteiger partial charge in [-0.25, -0.2) is 0 Å². The topological polar surface area (TPSA) is 71.5 Å². The lowest BCUT2D eigenvalue weighted by molar-refractivity contribution is -0.0444. The number of pyridine rings is 1. The number of morpholine rings is 1. The lowest BCUT2D eigenvalue weighted by atomic mass is 10.0. The number of hydrogen-bond acceptors (Lipinski definition) is 4. The van der Waals surface area contributed by atoms with Crippen molar-refractivity contribution in [3.05, 3.63) is 66.0 Å². The first-order valence-corrected chi connectivity index (χ1v) is 9.78. The molecule has 1 N–H and O–H groups in total. The largest absolute Gasteiger partial charge is 0.373 e. The molecule has 3 rings (SSSR count). The van der Waals surface area contributed by atoms with E-state index in [0.717, 1.165) is 5.56 Å². The fraction of sp³-hybridized carbons (Fsp3) is 0.389. The molecule has 1 aliphatic rings. The predicted octanol–water partition coefficient (Wildman–Crippen LogP) is 2.11. The van der Waals surface area contributed by atoms with Gasteiger partial charge in [-0.1, -0.05) is 36.4 Å². The molecule has 0 radical (unpaired) electrons. The highest BCUT2D eigenvalue weighted by Gasteiger charge is 2.33. The van der Waals surface area contributed by atoms with E-state index in [-0.39, 0.29) is 12.2 Å². The van der Waals surface area contributed by atoms with Crippen LogP contribution >= 0.6 is 0 Å². The van der Waals surface area contributed by atoms with E-state index in [9.17, 15) is 8.42 Å². The van der Waals surface area contributed by atoms with Crippen LogP contribution in [0.3, 0.4) is 0 Å². The van der Waals surface area contributed by atoms with Crippen LogP contribution in [-0.2, 0) is 14.9 Å². The third-order valence-corrected chi connectivity index (χ3v) is 5.62. The van der Waals surface area contributed by atoms with Gasteiger partial charge in [0.15, 0.2) is 0 Å². The van der Waals surface area contributed by atoms with Crippen molar-refractivity contribution in [2.75, 3.05) is 13.1 Å². The Morgan fingerprint density at radius 3 is 2.32 bits per heavy atom. The lowest BCUT2D eigenvalue weighted by Crippen LogP contribution is -2.52. The fourth-order valence-electron chi connectivity index (χ4n) is 3.04. The maximum atomic E-state index is 13.0. The van der Waals surface area contributed by atoms with Crippen LogP contribution in [0.4, 0.5) is 0 Å². The highest BCUT2D eigenvalue weighted by Crippen LogP contribution is 2.23. The highest BCUT2D eigenvalue weighted by atomic mass is 32.2. The molecule has 0 saturated carbocycles. The van der Waals surface area contributed by atoms with Gasteiger partial charge >= 0.3 is 0 Å². The zero-order valence-corrected chi connectivity index (χ0v) is 15.2. The van der Waals surface area contributed by atoms with E-state index in [1.54, 1.807) is 6.20 Å². The van der Waals surface area contributed by atoms with E-state index < -0.39 is 16.3 Å². The second kappa shape index (κ2) is 7.61. The van der Waals surface area contributed by atoms with Gasteiger partial charge in [0.2, 0.25) is 0 Å². The molecule has 7 heteroatoms. The molecule has 134 valence electrons. The van der Waals surface area contributed by atoms with Crippen molar-refractivity contribution in [1.29, 1.82) is 0 Å². The normalized spacial score (nSPS) is 23.3. The van der Waals surface area contributed by atoms with Crippen LogP contribution in [0.15, 0.2) is 54.7 Å². The van der Waals surface area contributed by atoms with Gasteiger partial charge in [-0.3, -0.25) is 4.98 Å². The standard InChI is InChI=1S/C18H23N3O3S/c1-14-12-21(13-15(2)24-14)25(22,23)20-18(16-8-4-3-5-9-16)17-10-6-7-11-19-17/h3-11,14-15,18,20H,12-13H2,1-2H3/t14-,15+,18-/m0/s1. The van der Waals surface area contributed by atoms with Gasteiger partial charge in [-0.2, -0.15) is 17.4 Å². The molecule has 1 aromatic carbocycles. The molecule has 0 amide bonds. The molecular weight excluding hydrogens is 338 g/mol. The Labute approximate surface area is 149 Å². The van der Waals surface area contributed by atoms with E-state index in [1.165, 1.54) is 4.31 Å². The summed E-state index contributed by atoms with van der Waals surface area (Å²) in [7, 11) is -3.68. The van der Waals surface area contributed by atoms with Crippen LogP contribution in [-0.4, -0.2) is 43.0 Å². The van der Waals surface area contributed by atoms with E-state index in [4.69, 9.17) is 4.74 Å². The van der Waals surface area contributed by atoms with Crippen LogP contribution in [0, 0.1) is 0 Å². The Bertz CT molecular complexity index is 734. The van der Waals surface area contributed by atoms with Crippen LogP contribution in [0.5, 0.6) is 0 Å². The first-order valence-electron chi connectivity index (χ1n) is 8.34. The Kier molecular flexibility index (Phi) is 5.48. The van der Waals surface area contributed by atoms with Gasteiger partial charge in [0.05, 0.1) is 23.9 Å². The van der Waals surface area contributed by atoms with Gasteiger partial charge < -0.3 is 4.74 Å². The maximum absolute atomic E-state index is 13.0. The molecule has 1 fully saturated rings. The van der Waals surface area contributed by atoms with Crippen molar-refractivity contribution in [2.45, 2.75) is 32.1 Å². The Hall–Kier alpha value is -1.80. The molecule has 2 aromatic rings. The molecule has 1 saturated heterocycles. The molecule has 0 aliphatic carbocycles. The highest BCUT2D eigenvalue weighted by molar-refractivity contribution is 7.87. The van der Waals surface area contributed by atoms with E-state index in [0.29, 0.717) is 18.8 Å². The van der Waals surface area contributed by atoms with Crippen LogP contribution < -0.4 is 4.72 Å². The number of aromatic nitrogens is 1. The summed E-state index contributed by atoms with van der Waals surface area (Å²) in [6, 6.07) is 14.4. The molecule has 25 heavy (non-hydrogen) atoms. The fourth-order valence-corrected chi connectivity index (χ4v) is 4.56. The molecule has 0 unspecified atom stereocenters. The zero-order chi connectivity index (χ0) is 17.9. The maximum Gasteiger partial charge on any atom is 0.280 e. The molecular formula is C18H23N3O3S. The Balaban J connectivity index is 1.90. The van der Waals surface area contributed by atoms with Crippen LogP contribution in [0.2, 0.25) is 0 Å². The molecule has 1 aromatic heterocycles. The van der Waals surface area contributed by atoms with Crippen molar-refractivity contribution in [1.82, 2.24) is 14.0 Å². The third kappa shape index (κ3) is 4.43. The third-order valence-electron chi connectivity index (χ3n) is 4.11. The lowest BCUT2D eigenvalue weighted by Gasteiger charge is -2.35. The number of nitrogens with zero attached hydrogens (tertiary/aromatic N) is 2. The molecule has 0 spiro atoms. The summed E-state index contributed by atoms with van der Waals surface area (Å²) in [6.45, 7) is 4.43. The minimum atomic E-state index is -3.68. The summed E-state index contributed by atoms with van der Waals surface area (Å²) in [4.78, 5) is 4.34. The number of benzene rings is 1. The minimum Gasteiger partial charge on any atom is -0.373 e. The van der Waals surface area contributed by atoms with Gasteiger partial charge in [0, 0.05) is 19.3 Å². The van der Waals surface area contributed by atoms with Crippen molar-refractivity contribution in [3.8, 4) is 0 Å². The average Bonchev–Trinajstić information content (AvgIpc) is 2.60. The quantitative estimate of drug-likeness (QED) is 0.885. The summed E-state index contributed by atoms with van der Waals surface area (Å²) in [5.74, 6) is 0. The first-order chi connectivity index (χ1) is 12.0. The summed E-state index contributed by atoms with van der Waals surface area (Å²) < 4.78 is 35.8. The Morgan fingerprint density at radius 1 is 1.08 bits per heavy atom. The van der Waals surface area contributed by atoms with Crippen molar-refractivity contribution < 1.29 is 13.2 Å². The van der Waals surface area contributed by atoms with E-state index in [2.05, 4.69) is 9.71 Å². The summed E-state index contributed by atoms with van der Waals surface area (Å²) in [5.41, 5.74) is 1.51. The molecule has 2 heterocycles. The second-order valence-corrected chi connectivity index (χ2v) is 8.00. The van der Waals surface area contributed by atoms with E-state index >= 15 is 0 Å². The Morgan fingerprint density at radius 2 is 1.72 bits per heavy atom. The van der Waals surface area contributed by atoms with Gasteiger partial charge in [-0.15, -0.1) is 0 Å². The first kappa shape index (κ1) is 18.0. The SMILES string of the molecule is C[C@@H]1CN(S(=O)(=O)N[C@@H](c2ccccc2)c2ccccn2)C[C@H](C)O1. The van der Waals surface area contributed by atoms with Crippen LogP contribution in [0.1, 0.15) is 31.1 Å². The zero-order valence-electron chi connectivity index (χ0n) is 14.4. The number of hydrogen-bond donors (Lipinski definition) is 1. The van der Waals surface area contributed by atoms with E-state index in [1.807, 2.05) is 62.4 Å². The minimum absolute atomic E-state index is 0.134. The summed E-state index contributed by atoms with van der Waals surface area (Å²) in [6.07, 6.45) is 1.40. The van der Waals surface area contributed by atoms with Gasteiger partial charge in [-0.05, 0) is 31.5 Å².